The Balaban J connectivity index is 2.21. The van der Waals surface area contributed by atoms with Gasteiger partial charge in [-0.25, -0.2) is 0 Å². The summed E-state index contributed by atoms with van der Waals surface area (Å²) in [7, 11) is 0. The van der Waals surface area contributed by atoms with Gasteiger partial charge in [-0.2, -0.15) is 0 Å². The van der Waals surface area contributed by atoms with Crippen LogP contribution in [0.4, 0.5) is 5.69 Å². The number of fused-ring (bicyclic) bond motifs is 3. The van der Waals surface area contributed by atoms with Crippen LogP contribution in [0.25, 0.3) is 10.2 Å². The predicted molar refractivity (Wildman–Crippen MR) is 76.2 cm³/mol. The van der Waals surface area contributed by atoms with Crippen molar-refractivity contribution in [2.24, 2.45) is 0 Å². The van der Waals surface area contributed by atoms with E-state index in [1.54, 1.807) is 11.3 Å². The number of nitrogens with two attached hydrogens (primary N) is 1. The van der Waals surface area contributed by atoms with E-state index in [0.717, 1.165) is 27.4 Å². The van der Waals surface area contributed by atoms with Crippen molar-refractivity contribution in [3.63, 3.8) is 0 Å². The fourth-order valence-electron chi connectivity index (χ4n) is 2.18. The lowest BCUT2D eigenvalue weighted by atomic mass is 9.98. The molecule has 0 unspecified atom stereocenters. The fraction of sp³-hybridized carbons (Fsp3) is 0.500. The number of nitrogens with zero attached hydrogens (tertiary/aromatic N) is 2. The molecule has 0 aromatic carbocycles. The first kappa shape index (κ1) is 12.2. The van der Waals surface area contributed by atoms with Gasteiger partial charge in [-0.05, 0) is 20.1 Å². The van der Waals surface area contributed by atoms with Crippen molar-refractivity contribution in [1.82, 2.24) is 10.2 Å². The standard InChI is InChI=1S/C12H15N3OS2/c1-12(2)4-7-6(5-16-12)9-10(18-7)8(13)11(17-3)15-14-9/h4-5H2,1-3H3,(H2,13,14). The smallest absolute Gasteiger partial charge is 0.143 e. The van der Waals surface area contributed by atoms with Crippen LogP contribution in [0.3, 0.4) is 0 Å². The Bertz CT molecular complexity index is 621. The highest BCUT2D eigenvalue weighted by Crippen LogP contribution is 2.41. The SMILES string of the molecule is CSc1nnc2c3c(sc2c1N)CC(C)(C)OC3. The average molecular weight is 281 g/mol. The third-order valence-corrected chi connectivity index (χ3v) is 5.11. The minimum Gasteiger partial charge on any atom is -0.395 e. The van der Waals surface area contributed by atoms with E-state index in [0.29, 0.717) is 6.61 Å². The summed E-state index contributed by atoms with van der Waals surface area (Å²) in [5.74, 6) is 0. The van der Waals surface area contributed by atoms with Gasteiger partial charge in [-0.15, -0.1) is 33.3 Å². The van der Waals surface area contributed by atoms with Crippen LogP contribution in [0.5, 0.6) is 0 Å². The molecule has 3 heterocycles. The summed E-state index contributed by atoms with van der Waals surface area (Å²) in [6, 6.07) is 0. The number of anilines is 1. The van der Waals surface area contributed by atoms with Crippen LogP contribution in [0.15, 0.2) is 5.03 Å². The van der Waals surface area contributed by atoms with Crippen molar-refractivity contribution in [2.75, 3.05) is 12.0 Å². The number of ether oxygens (including phenoxy) is 1. The zero-order chi connectivity index (χ0) is 12.9. The van der Waals surface area contributed by atoms with E-state index >= 15 is 0 Å². The topological polar surface area (TPSA) is 61.0 Å². The summed E-state index contributed by atoms with van der Waals surface area (Å²) >= 11 is 3.27. The van der Waals surface area contributed by atoms with Gasteiger partial charge in [-0.3, -0.25) is 0 Å². The zero-order valence-electron chi connectivity index (χ0n) is 10.6. The maximum Gasteiger partial charge on any atom is 0.143 e. The van der Waals surface area contributed by atoms with E-state index in [-0.39, 0.29) is 5.60 Å². The maximum atomic E-state index is 6.16. The minimum atomic E-state index is -0.0988. The molecule has 2 aromatic heterocycles. The Morgan fingerprint density at radius 2 is 2.17 bits per heavy atom. The van der Waals surface area contributed by atoms with Crippen molar-refractivity contribution >= 4 is 39.0 Å². The van der Waals surface area contributed by atoms with Crippen molar-refractivity contribution in [3.05, 3.63) is 10.4 Å². The number of rotatable bonds is 1. The van der Waals surface area contributed by atoms with Crippen LogP contribution < -0.4 is 5.73 Å². The second-order valence-electron chi connectivity index (χ2n) is 5.03. The van der Waals surface area contributed by atoms with Crippen molar-refractivity contribution in [1.29, 1.82) is 0 Å². The molecule has 0 fully saturated rings. The van der Waals surface area contributed by atoms with E-state index in [1.807, 2.05) is 6.26 Å². The molecule has 1 aliphatic rings. The van der Waals surface area contributed by atoms with Crippen LogP contribution in [-0.2, 0) is 17.8 Å². The second-order valence-corrected chi connectivity index (χ2v) is 6.93. The van der Waals surface area contributed by atoms with Gasteiger partial charge in [0.25, 0.3) is 0 Å². The molecular formula is C12H15N3OS2. The molecule has 0 spiro atoms. The fourth-order valence-corrected chi connectivity index (χ4v) is 4.11. The highest BCUT2D eigenvalue weighted by atomic mass is 32.2. The molecule has 6 heteroatoms. The first-order chi connectivity index (χ1) is 8.52. The van der Waals surface area contributed by atoms with Crippen LogP contribution in [0.2, 0.25) is 0 Å². The monoisotopic (exact) mass is 281 g/mol. The number of thiophene rings is 1. The lowest BCUT2D eigenvalue weighted by molar-refractivity contribution is -0.0383. The Morgan fingerprint density at radius 1 is 1.39 bits per heavy atom. The number of thioether (sulfide) groups is 1. The summed E-state index contributed by atoms with van der Waals surface area (Å²) in [6.07, 6.45) is 2.88. The average Bonchev–Trinajstić information content (AvgIpc) is 2.66. The summed E-state index contributed by atoms with van der Waals surface area (Å²) in [5.41, 5.74) is 8.90. The normalized spacial score (nSPS) is 17.9. The quantitative estimate of drug-likeness (QED) is 0.814. The molecule has 96 valence electrons. The molecule has 0 atom stereocenters. The molecule has 4 nitrogen and oxygen atoms in total. The molecular weight excluding hydrogens is 266 g/mol. The molecule has 18 heavy (non-hydrogen) atoms. The van der Waals surface area contributed by atoms with E-state index < -0.39 is 0 Å². The van der Waals surface area contributed by atoms with E-state index in [1.165, 1.54) is 22.2 Å². The lowest BCUT2D eigenvalue weighted by Gasteiger charge is -2.29. The third kappa shape index (κ3) is 1.79. The van der Waals surface area contributed by atoms with E-state index in [4.69, 9.17) is 10.5 Å². The number of hydrogen-bond acceptors (Lipinski definition) is 6. The lowest BCUT2D eigenvalue weighted by Crippen LogP contribution is -2.30. The molecule has 0 saturated heterocycles. The van der Waals surface area contributed by atoms with Gasteiger partial charge < -0.3 is 10.5 Å². The van der Waals surface area contributed by atoms with Gasteiger partial charge in [-0.1, -0.05) is 0 Å². The maximum absolute atomic E-state index is 6.16. The number of nitrogen functional groups attached to an aromatic ring is 1. The number of hydrogen-bond donors (Lipinski definition) is 1. The molecule has 0 radical (unpaired) electrons. The Labute approximate surface area is 114 Å². The van der Waals surface area contributed by atoms with Crippen LogP contribution in [0, 0.1) is 0 Å². The van der Waals surface area contributed by atoms with Gasteiger partial charge in [0, 0.05) is 16.9 Å². The summed E-state index contributed by atoms with van der Waals surface area (Å²) in [6.45, 7) is 4.83. The second kappa shape index (κ2) is 4.08. The summed E-state index contributed by atoms with van der Waals surface area (Å²) in [4.78, 5) is 1.33. The van der Waals surface area contributed by atoms with Crippen molar-refractivity contribution < 1.29 is 4.74 Å². The van der Waals surface area contributed by atoms with E-state index in [2.05, 4.69) is 24.0 Å². The highest BCUT2D eigenvalue weighted by Gasteiger charge is 2.30. The predicted octanol–water partition coefficient (Wildman–Crippen LogP) is 2.85. The molecule has 2 N–H and O–H groups in total. The minimum absolute atomic E-state index is 0.0988. The molecule has 0 bridgehead atoms. The Kier molecular flexibility index (Phi) is 2.76. The molecule has 2 aromatic rings. The Hall–Kier alpha value is -0.850. The van der Waals surface area contributed by atoms with Gasteiger partial charge in [0.2, 0.25) is 0 Å². The van der Waals surface area contributed by atoms with Crippen LogP contribution in [-0.4, -0.2) is 22.1 Å². The largest absolute Gasteiger partial charge is 0.395 e. The molecule has 0 saturated carbocycles. The first-order valence-corrected chi connectivity index (χ1v) is 7.80. The van der Waals surface area contributed by atoms with Crippen LogP contribution in [0.1, 0.15) is 24.3 Å². The molecule has 3 rings (SSSR count). The Morgan fingerprint density at radius 3 is 2.89 bits per heavy atom. The van der Waals surface area contributed by atoms with Gasteiger partial charge in [0.15, 0.2) is 0 Å². The van der Waals surface area contributed by atoms with Crippen molar-refractivity contribution in [3.8, 4) is 0 Å². The number of aromatic nitrogens is 2. The third-order valence-electron chi connectivity index (χ3n) is 3.17. The summed E-state index contributed by atoms with van der Waals surface area (Å²) < 4.78 is 6.90. The van der Waals surface area contributed by atoms with E-state index in [9.17, 15) is 0 Å². The molecule has 0 amide bonds. The zero-order valence-corrected chi connectivity index (χ0v) is 12.2. The van der Waals surface area contributed by atoms with Crippen LogP contribution >= 0.6 is 23.1 Å². The van der Waals surface area contributed by atoms with Gasteiger partial charge >= 0.3 is 0 Å². The molecule has 1 aliphatic heterocycles. The summed E-state index contributed by atoms with van der Waals surface area (Å²) in [5, 5.41) is 9.30. The first-order valence-electron chi connectivity index (χ1n) is 5.76. The highest BCUT2D eigenvalue weighted by molar-refractivity contribution is 7.98. The molecule has 0 aliphatic carbocycles. The van der Waals surface area contributed by atoms with Gasteiger partial charge in [0.05, 0.1) is 22.6 Å². The van der Waals surface area contributed by atoms with Gasteiger partial charge in [0.1, 0.15) is 10.5 Å². The van der Waals surface area contributed by atoms with Crippen molar-refractivity contribution in [2.45, 2.75) is 37.5 Å².